The first kappa shape index (κ1) is 24.5. The number of aryl methyl sites for hydroxylation is 1. The summed E-state index contributed by atoms with van der Waals surface area (Å²) in [6, 6.07) is 18.2. The summed E-state index contributed by atoms with van der Waals surface area (Å²) in [5, 5.41) is 21.1. The Morgan fingerprint density at radius 1 is 0.973 bits per heavy atom. The van der Waals surface area contributed by atoms with Gasteiger partial charge in [-0.05, 0) is 54.4 Å². The lowest BCUT2D eigenvalue weighted by molar-refractivity contribution is -0.137. The number of pyridine rings is 1. The zero-order valence-electron chi connectivity index (χ0n) is 19.6. The molecule has 0 amide bonds. The predicted molar refractivity (Wildman–Crippen MR) is 134 cm³/mol. The third kappa shape index (κ3) is 4.90. The number of alkyl halides is 3. The number of rotatable bonds is 6. The number of H-pyrrole nitrogens is 1. The normalized spacial score (nSPS) is 12.6. The van der Waals surface area contributed by atoms with Crippen molar-refractivity contribution >= 4 is 16.6 Å². The van der Waals surface area contributed by atoms with Crippen LogP contribution in [0.4, 0.5) is 23.2 Å². The molecular weight excluding hydrogens is 484 g/mol. The molecule has 0 saturated heterocycles. The Bertz CT molecular complexity index is 1560. The third-order valence-electron chi connectivity index (χ3n) is 6.23. The van der Waals surface area contributed by atoms with E-state index in [1.54, 1.807) is 18.2 Å². The van der Waals surface area contributed by atoms with Crippen molar-refractivity contribution in [2.75, 3.05) is 11.9 Å². The number of hydrogen-bond donors (Lipinski definition) is 3. The van der Waals surface area contributed by atoms with Crippen LogP contribution in [0.15, 0.2) is 79.0 Å². The van der Waals surface area contributed by atoms with Gasteiger partial charge in [-0.1, -0.05) is 36.4 Å². The standard InChI is InChI=1S/C28H22F4N4O/c1-16-21-11-18(7-10-25(21)36-35-16)22-13-20(34-26(15-37)17-5-3-2-4-6-17)14-33-27(22)23-12-19(28(30,31)32)8-9-24(23)29/h2-14,26,34,37H,15H2,1H3,(H,35,36). The Hall–Kier alpha value is -4.24. The maximum atomic E-state index is 14.9. The SMILES string of the molecule is Cc1n[nH]c2ccc(-c3cc(NC(CO)c4ccccc4)cnc3-c3cc(C(F)(F)F)ccc3F)cc12. The molecule has 1 atom stereocenters. The Balaban J connectivity index is 1.67. The van der Waals surface area contributed by atoms with Gasteiger partial charge >= 0.3 is 6.18 Å². The molecule has 0 fully saturated rings. The Morgan fingerprint density at radius 2 is 1.76 bits per heavy atom. The molecule has 0 spiro atoms. The minimum Gasteiger partial charge on any atom is -0.394 e. The van der Waals surface area contributed by atoms with E-state index in [2.05, 4.69) is 20.5 Å². The number of anilines is 1. The number of aliphatic hydroxyl groups is 1. The monoisotopic (exact) mass is 506 g/mol. The molecule has 2 aromatic heterocycles. The maximum Gasteiger partial charge on any atom is 0.416 e. The third-order valence-corrected chi connectivity index (χ3v) is 6.23. The lowest BCUT2D eigenvalue weighted by atomic mass is 9.96. The molecular formula is C28H22F4N4O. The average Bonchev–Trinajstić information content (AvgIpc) is 3.27. The van der Waals surface area contributed by atoms with E-state index < -0.39 is 23.6 Å². The summed E-state index contributed by atoms with van der Waals surface area (Å²) in [5.74, 6) is -0.819. The highest BCUT2D eigenvalue weighted by Crippen LogP contribution is 2.39. The van der Waals surface area contributed by atoms with Crippen molar-refractivity contribution in [3.63, 3.8) is 0 Å². The lowest BCUT2D eigenvalue weighted by Crippen LogP contribution is -2.15. The fourth-order valence-electron chi connectivity index (χ4n) is 4.30. The second-order valence-electron chi connectivity index (χ2n) is 8.67. The number of nitrogens with zero attached hydrogens (tertiary/aromatic N) is 2. The van der Waals surface area contributed by atoms with Crippen LogP contribution in [0.2, 0.25) is 0 Å². The van der Waals surface area contributed by atoms with Gasteiger partial charge in [-0.3, -0.25) is 10.1 Å². The molecule has 2 heterocycles. The first-order valence-electron chi connectivity index (χ1n) is 11.5. The number of aromatic nitrogens is 3. The summed E-state index contributed by atoms with van der Waals surface area (Å²) in [4.78, 5) is 4.41. The van der Waals surface area contributed by atoms with Gasteiger partial charge in [-0.25, -0.2) is 4.39 Å². The summed E-state index contributed by atoms with van der Waals surface area (Å²) in [6.07, 6.45) is -3.22. The van der Waals surface area contributed by atoms with Gasteiger partial charge in [-0.2, -0.15) is 18.3 Å². The van der Waals surface area contributed by atoms with E-state index in [1.807, 2.05) is 43.3 Å². The average molecular weight is 507 g/mol. The number of fused-ring (bicyclic) bond motifs is 1. The molecule has 0 saturated carbocycles. The smallest absolute Gasteiger partial charge is 0.394 e. The molecule has 0 aliphatic rings. The van der Waals surface area contributed by atoms with E-state index >= 15 is 0 Å². The van der Waals surface area contributed by atoms with Crippen molar-refractivity contribution in [1.29, 1.82) is 0 Å². The largest absolute Gasteiger partial charge is 0.416 e. The molecule has 5 rings (SSSR count). The van der Waals surface area contributed by atoms with Crippen LogP contribution in [0, 0.1) is 12.7 Å². The van der Waals surface area contributed by atoms with E-state index in [1.165, 1.54) is 6.20 Å². The molecule has 3 aromatic carbocycles. The fraction of sp³-hybridized carbons (Fsp3) is 0.143. The van der Waals surface area contributed by atoms with Crippen LogP contribution in [-0.4, -0.2) is 26.9 Å². The van der Waals surface area contributed by atoms with E-state index in [-0.39, 0.29) is 17.9 Å². The van der Waals surface area contributed by atoms with Crippen molar-refractivity contribution in [3.8, 4) is 22.4 Å². The number of hydrogen-bond acceptors (Lipinski definition) is 4. The summed E-state index contributed by atoms with van der Waals surface area (Å²) in [5.41, 5.74) is 2.78. The minimum absolute atomic E-state index is 0.0647. The fourth-order valence-corrected chi connectivity index (χ4v) is 4.30. The minimum atomic E-state index is -4.64. The molecule has 188 valence electrons. The molecule has 3 N–H and O–H groups in total. The highest BCUT2D eigenvalue weighted by atomic mass is 19.4. The van der Waals surface area contributed by atoms with Gasteiger partial charge in [0.2, 0.25) is 0 Å². The van der Waals surface area contributed by atoms with Crippen LogP contribution in [-0.2, 0) is 6.18 Å². The van der Waals surface area contributed by atoms with Gasteiger partial charge in [0.1, 0.15) is 5.82 Å². The number of aromatic amines is 1. The van der Waals surface area contributed by atoms with Crippen molar-refractivity contribution in [2.24, 2.45) is 0 Å². The van der Waals surface area contributed by atoms with E-state index in [0.29, 0.717) is 22.9 Å². The van der Waals surface area contributed by atoms with Gasteiger partial charge in [0.25, 0.3) is 0 Å². The first-order chi connectivity index (χ1) is 17.7. The zero-order valence-corrected chi connectivity index (χ0v) is 19.6. The quantitative estimate of drug-likeness (QED) is 0.219. The Kier molecular flexibility index (Phi) is 6.39. The zero-order chi connectivity index (χ0) is 26.2. The van der Waals surface area contributed by atoms with Gasteiger partial charge < -0.3 is 10.4 Å². The molecule has 0 bridgehead atoms. The van der Waals surface area contributed by atoms with Crippen LogP contribution < -0.4 is 5.32 Å². The maximum absolute atomic E-state index is 14.9. The van der Waals surface area contributed by atoms with Crippen LogP contribution in [0.1, 0.15) is 22.9 Å². The molecule has 5 aromatic rings. The second kappa shape index (κ2) is 9.67. The van der Waals surface area contributed by atoms with Crippen molar-refractivity contribution in [3.05, 3.63) is 102 Å². The summed E-state index contributed by atoms with van der Waals surface area (Å²) >= 11 is 0. The number of aliphatic hydroxyl groups excluding tert-OH is 1. The first-order valence-corrected chi connectivity index (χ1v) is 11.5. The molecule has 0 aliphatic heterocycles. The summed E-state index contributed by atoms with van der Waals surface area (Å²) < 4.78 is 55.3. The predicted octanol–water partition coefficient (Wildman–Crippen LogP) is 6.90. The van der Waals surface area contributed by atoms with Gasteiger partial charge in [0.15, 0.2) is 0 Å². The van der Waals surface area contributed by atoms with Crippen molar-refractivity contribution < 1.29 is 22.7 Å². The van der Waals surface area contributed by atoms with Crippen molar-refractivity contribution in [1.82, 2.24) is 15.2 Å². The van der Waals surface area contributed by atoms with Crippen LogP contribution in [0.5, 0.6) is 0 Å². The number of halogens is 4. The summed E-state index contributed by atoms with van der Waals surface area (Å²) in [7, 11) is 0. The van der Waals surface area contributed by atoms with Gasteiger partial charge in [-0.15, -0.1) is 0 Å². The van der Waals surface area contributed by atoms with E-state index in [9.17, 15) is 22.7 Å². The lowest BCUT2D eigenvalue weighted by Gasteiger charge is -2.20. The van der Waals surface area contributed by atoms with Crippen LogP contribution in [0.25, 0.3) is 33.3 Å². The highest BCUT2D eigenvalue weighted by molar-refractivity contribution is 5.90. The van der Waals surface area contributed by atoms with Crippen LogP contribution >= 0.6 is 0 Å². The summed E-state index contributed by atoms with van der Waals surface area (Å²) in [6.45, 7) is 1.63. The molecule has 1 unspecified atom stereocenters. The second-order valence-corrected chi connectivity index (χ2v) is 8.67. The highest BCUT2D eigenvalue weighted by Gasteiger charge is 2.32. The topological polar surface area (TPSA) is 73.8 Å². The molecule has 9 heteroatoms. The number of nitrogens with one attached hydrogen (secondary N) is 2. The Labute approximate surface area is 209 Å². The van der Waals surface area contributed by atoms with Gasteiger partial charge in [0.05, 0.1) is 47.0 Å². The molecule has 5 nitrogen and oxygen atoms in total. The van der Waals surface area contributed by atoms with Crippen LogP contribution in [0.3, 0.4) is 0 Å². The number of benzene rings is 3. The Morgan fingerprint density at radius 3 is 2.49 bits per heavy atom. The molecule has 0 radical (unpaired) electrons. The molecule has 0 aliphatic carbocycles. The van der Waals surface area contributed by atoms with Gasteiger partial charge in [0, 0.05) is 16.5 Å². The van der Waals surface area contributed by atoms with E-state index in [0.717, 1.165) is 34.3 Å². The van der Waals surface area contributed by atoms with Crippen molar-refractivity contribution in [2.45, 2.75) is 19.1 Å². The van der Waals surface area contributed by atoms with E-state index in [4.69, 9.17) is 0 Å². The molecule has 37 heavy (non-hydrogen) atoms.